The van der Waals surface area contributed by atoms with E-state index in [4.69, 9.17) is 9.47 Å². The molecule has 0 aliphatic carbocycles. The van der Waals surface area contributed by atoms with Crippen LogP contribution in [0.4, 0.5) is 0 Å². The molecule has 2 aliphatic heterocycles. The van der Waals surface area contributed by atoms with Gasteiger partial charge in [-0.1, -0.05) is 0 Å². The van der Waals surface area contributed by atoms with Crippen molar-refractivity contribution >= 4 is 11.2 Å². The van der Waals surface area contributed by atoms with E-state index in [-0.39, 0.29) is 29.7 Å². The predicted molar refractivity (Wildman–Crippen MR) is 97.7 cm³/mol. The zero-order valence-electron chi connectivity index (χ0n) is 15.9. The molecule has 2 aliphatic rings. The molecule has 0 radical (unpaired) electrons. The van der Waals surface area contributed by atoms with Gasteiger partial charge in [-0.25, -0.2) is 4.79 Å². The highest BCUT2D eigenvalue weighted by Crippen LogP contribution is 2.29. The first-order valence-corrected chi connectivity index (χ1v) is 9.35. The van der Waals surface area contributed by atoms with Crippen LogP contribution in [-0.4, -0.2) is 63.0 Å². The van der Waals surface area contributed by atoms with Gasteiger partial charge in [-0.2, -0.15) is 15.2 Å². The maximum Gasteiger partial charge on any atom is 0.330 e. The molecule has 3 atom stereocenters. The number of imidazole rings is 1. The standard InChI is InChI=1S/C18H24N6O3/c1-11(13-5-4-7-22(13)2)27-17-15-16(20-14(9-19)21-17)24(18(25)23(15)3)12-6-8-26-10-12/h11-13H,4-8,10H2,1-3H3/t11-,12+,13-/m0/s1. The Hall–Kier alpha value is -2.44. The number of rotatable bonds is 4. The average Bonchev–Trinajstić information content (AvgIpc) is 3.36. The number of likely N-dealkylation sites (tertiary alicyclic amines) is 1. The quantitative estimate of drug-likeness (QED) is 0.784. The largest absolute Gasteiger partial charge is 0.471 e. The summed E-state index contributed by atoms with van der Waals surface area (Å²) in [5, 5.41) is 9.38. The summed E-state index contributed by atoms with van der Waals surface area (Å²) in [6.45, 7) is 4.12. The molecule has 2 fully saturated rings. The molecule has 0 amide bonds. The van der Waals surface area contributed by atoms with E-state index in [1.807, 2.05) is 13.0 Å². The van der Waals surface area contributed by atoms with Crippen LogP contribution in [0, 0.1) is 11.3 Å². The lowest BCUT2D eigenvalue weighted by molar-refractivity contribution is 0.118. The van der Waals surface area contributed by atoms with Crippen LogP contribution in [-0.2, 0) is 11.8 Å². The monoisotopic (exact) mass is 372 g/mol. The Labute approximate surface area is 157 Å². The molecule has 0 unspecified atom stereocenters. The van der Waals surface area contributed by atoms with Crippen LogP contribution >= 0.6 is 0 Å². The minimum Gasteiger partial charge on any atom is -0.471 e. The molecular weight excluding hydrogens is 348 g/mol. The van der Waals surface area contributed by atoms with Gasteiger partial charge >= 0.3 is 5.69 Å². The summed E-state index contributed by atoms with van der Waals surface area (Å²) in [6.07, 6.45) is 2.81. The minimum atomic E-state index is -0.194. The van der Waals surface area contributed by atoms with Crippen LogP contribution in [0.2, 0.25) is 0 Å². The third kappa shape index (κ3) is 2.99. The van der Waals surface area contributed by atoms with Gasteiger partial charge in [-0.3, -0.25) is 14.0 Å². The Morgan fingerprint density at radius 1 is 1.33 bits per heavy atom. The van der Waals surface area contributed by atoms with Gasteiger partial charge < -0.3 is 9.47 Å². The van der Waals surface area contributed by atoms with Gasteiger partial charge in [0, 0.05) is 19.7 Å². The lowest BCUT2D eigenvalue weighted by Gasteiger charge is -2.26. The van der Waals surface area contributed by atoms with Gasteiger partial charge in [0.05, 0.1) is 12.6 Å². The fourth-order valence-electron chi connectivity index (χ4n) is 4.20. The fraction of sp³-hybridized carbons (Fsp3) is 0.667. The number of likely N-dealkylation sites (N-methyl/N-ethyl adjacent to an activating group) is 1. The second-order valence-electron chi connectivity index (χ2n) is 7.38. The van der Waals surface area contributed by atoms with Crippen LogP contribution in [0.3, 0.4) is 0 Å². The van der Waals surface area contributed by atoms with E-state index in [0.717, 1.165) is 25.8 Å². The number of aromatic nitrogens is 4. The van der Waals surface area contributed by atoms with Crippen molar-refractivity contribution in [1.29, 1.82) is 5.26 Å². The first kappa shape index (κ1) is 17.9. The molecule has 9 nitrogen and oxygen atoms in total. The van der Waals surface area contributed by atoms with Gasteiger partial charge in [0.25, 0.3) is 0 Å². The first-order valence-electron chi connectivity index (χ1n) is 9.35. The zero-order valence-corrected chi connectivity index (χ0v) is 15.9. The fourth-order valence-corrected chi connectivity index (χ4v) is 4.20. The Bertz CT molecular complexity index is 953. The summed E-state index contributed by atoms with van der Waals surface area (Å²) in [6, 6.07) is 2.18. The Kier molecular flexibility index (Phi) is 4.61. The van der Waals surface area contributed by atoms with E-state index < -0.39 is 0 Å². The molecule has 4 heterocycles. The SMILES string of the molecule is C[C@H](Oc1nc(C#N)nc2c1n(C)c(=O)n2[C@@H]1CCOC1)[C@@H]1CCCN1C. The Morgan fingerprint density at radius 2 is 2.15 bits per heavy atom. The van der Waals surface area contributed by atoms with Gasteiger partial charge in [-0.05, 0) is 39.8 Å². The summed E-state index contributed by atoms with van der Waals surface area (Å²) in [5.74, 6) is 0.296. The van der Waals surface area contributed by atoms with Gasteiger partial charge in [0.2, 0.25) is 11.7 Å². The molecule has 27 heavy (non-hydrogen) atoms. The van der Waals surface area contributed by atoms with Crippen LogP contribution in [0.5, 0.6) is 5.88 Å². The number of nitriles is 1. The minimum absolute atomic E-state index is 0.00254. The van der Waals surface area contributed by atoms with Crippen molar-refractivity contribution < 1.29 is 9.47 Å². The molecule has 2 saturated heterocycles. The molecule has 2 aromatic heterocycles. The van der Waals surface area contributed by atoms with Crippen LogP contribution in [0.1, 0.15) is 38.1 Å². The van der Waals surface area contributed by atoms with E-state index in [1.54, 1.807) is 11.6 Å². The highest BCUT2D eigenvalue weighted by molar-refractivity contribution is 5.77. The normalized spacial score (nSPS) is 24.4. The molecule has 0 aromatic carbocycles. The number of aryl methyl sites for hydroxylation is 1. The number of hydrogen-bond acceptors (Lipinski definition) is 7. The topological polar surface area (TPSA) is 98.2 Å². The molecular formula is C18H24N6O3. The van der Waals surface area contributed by atoms with E-state index in [2.05, 4.69) is 21.9 Å². The maximum absolute atomic E-state index is 12.9. The Morgan fingerprint density at radius 3 is 2.78 bits per heavy atom. The van der Waals surface area contributed by atoms with Crippen molar-refractivity contribution in [2.75, 3.05) is 26.8 Å². The second-order valence-corrected chi connectivity index (χ2v) is 7.38. The lowest BCUT2D eigenvalue weighted by Crippen LogP contribution is -2.38. The third-order valence-corrected chi connectivity index (χ3v) is 5.68. The molecule has 0 spiro atoms. The molecule has 2 aromatic rings. The molecule has 0 saturated carbocycles. The summed E-state index contributed by atoms with van der Waals surface area (Å²) in [7, 11) is 3.77. The first-order chi connectivity index (χ1) is 13.0. The van der Waals surface area contributed by atoms with Crippen LogP contribution in [0.25, 0.3) is 11.2 Å². The smallest absolute Gasteiger partial charge is 0.330 e. The van der Waals surface area contributed by atoms with E-state index in [1.165, 1.54) is 4.57 Å². The van der Waals surface area contributed by atoms with Gasteiger partial charge in [0.1, 0.15) is 12.2 Å². The molecule has 0 N–H and O–H groups in total. The van der Waals surface area contributed by atoms with Crippen molar-refractivity contribution in [3.8, 4) is 11.9 Å². The molecule has 144 valence electrons. The number of fused-ring (bicyclic) bond motifs is 1. The maximum atomic E-state index is 12.9. The second kappa shape index (κ2) is 6.94. The van der Waals surface area contributed by atoms with Crippen LogP contribution in [0.15, 0.2) is 4.79 Å². The van der Waals surface area contributed by atoms with Crippen LogP contribution < -0.4 is 10.4 Å². The molecule has 9 heteroatoms. The predicted octanol–water partition coefficient (Wildman–Crippen LogP) is 0.825. The van der Waals surface area contributed by atoms with Crippen molar-refractivity contribution in [3.05, 3.63) is 16.3 Å². The van der Waals surface area contributed by atoms with E-state index >= 15 is 0 Å². The highest BCUT2D eigenvalue weighted by Gasteiger charge is 2.31. The summed E-state index contributed by atoms with van der Waals surface area (Å²) in [4.78, 5) is 23.8. The van der Waals surface area contributed by atoms with Gasteiger partial charge in [0.15, 0.2) is 11.2 Å². The van der Waals surface area contributed by atoms with E-state index in [0.29, 0.717) is 30.3 Å². The zero-order chi connectivity index (χ0) is 19.1. The highest BCUT2D eigenvalue weighted by atomic mass is 16.5. The molecule has 0 bridgehead atoms. The number of hydrogen-bond donors (Lipinski definition) is 0. The molecule has 4 rings (SSSR count). The van der Waals surface area contributed by atoms with Crippen molar-refractivity contribution in [2.24, 2.45) is 7.05 Å². The number of nitrogens with zero attached hydrogens (tertiary/aromatic N) is 6. The van der Waals surface area contributed by atoms with Gasteiger partial charge in [-0.15, -0.1) is 0 Å². The lowest BCUT2D eigenvalue weighted by atomic mass is 10.1. The van der Waals surface area contributed by atoms with E-state index in [9.17, 15) is 10.1 Å². The number of ether oxygens (including phenoxy) is 2. The average molecular weight is 372 g/mol. The summed E-state index contributed by atoms with van der Waals surface area (Å²) in [5.41, 5.74) is 0.769. The van der Waals surface area contributed by atoms with Crippen molar-refractivity contribution in [1.82, 2.24) is 24.0 Å². The summed E-state index contributed by atoms with van der Waals surface area (Å²) < 4.78 is 14.8. The van der Waals surface area contributed by atoms with Crippen molar-refractivity contribution in [3.63, 3.8) is 0 Å². The van der Waals surface area contributed by atoms with Crippen molar-refractivity contribution in [2.45, 2.75) is 44.4 Å². The Balaban J connectivity index is 1.81. The summed E-state index contributed by atoms with van der Waals surface area (Å²) >= 11 is 0. The third-order valence-electron chi connectivity index (χ3n) is 5.68.